The van der Waals surface area contributed by atoms with Crippen LogP contribution in [0.2, 0.25) is 0 Å². The predicted octanol–water partition coefficient (Wildman–Crippen LogP) is 4.31. The van der Waals surface area contributed by atoms with Crippen LogP contribution in [0.25, 0.3) is 0 Å². The molecule has 0 heterocycles. The van der Waals surface area contributed by atoms with Crippen LogP contribution in [-0.2, 0) is 13.1 Å². The Bertz CT molecular complexity index is 639. The third-order valence-corrected chi connectivity index (χ3v) is 3.95. The first-order valence-corrected chi connectivity index (χ1v) is 7.50. The summed E-state index contributed by atoms with van der Waals surface area (Å²) in [5.74, 6) is 0. The molecular weight excluding hydrogens is 276 g/mol. The Morgan fingerprint density at radius 2 is 1.73 bits per heavy atom. The molecule has 0 unspecified atom stereocenters. The first kappa shape index (κ1) is 16.2. The fourth-order valence-corrected chi connectivity index (χ4v) is 2.50. The van der Waals surface area contributed by atoms with Crippen molar-refractivity contribution in [2.45, 2.75) is 39.9 Å². The van der Waals surface area contributed by atoms with E-state index in [0.717, 1.165) is 17.7 Å². The minimum Gasteiger partial charge on any atom is -0.292 e. The molecule has 2 rings (SSSR count). The van der Waals surface area contributed by atoms with E-state index in [4.69, 9.17) is 0 Å². The molecule has 2 aromatic carbocycles. The lowest BCUT2D eigenvalue weighted by Gasteiger charge is -2.27. The van der Waals surface area contributed by atoms with Crippen LogP contribution in [0.4, 0.5) is 5.69 Å². The van der Waals surface area contributed by atoms with Gasteiger partial charge in [0, 0.05) is 30.8 Å². The zero-order valence-electron chi connectivity index (χ0n) is 13.3. The van der Waals surface area contributed by atoms with Crippen LogP contribution in [0.1, 0.15) is 30.5 Å². The molecule has 4 heteroatoms. The maximum atomic E-state index is 11.1. The fraction of sp³-hybridized carbons (Fsp3) is 0.333. The van der Waals surface area contributed by atoms with Gasteiger partial charge >= 0.3 is 0 Å². The summed E-state index contributed by atoms with van der Waals surface area (Å²) in [5.41, 5.74) is 3.21. The number of hydrogen-bond donors (Lipinski definition) is 0. The van der Waals surface area contributed by atoms with Gasteiger partial charge in [-0.15, -0.1) is 0 Å². The van der Waals surface area contributed by atoms with Crippen molar-refractivity contribution in [1.29, 1.82) is 0 Å². The highest BCUT2D eigenvalue weighted by atomic mass is 16.6. The van der Waals surface area contributed by atoms with E-state index >= 15 is 0 Å². The number of rotatable bonds is 6. The van der Waals surface area contributed by atoms with Crippen LogP contribution in [0.15, 0.2) is 48.5 Å². The van der Waals surface area contributed by atoms with E-state index in [2.05, 4.69) is 30.9 Å². The Kier molecular flexibility index (Phi) is 5.28. The molecule has 0 aliphatic rings. The van der Waals surface area contributed by atoms with Crippen molar-refractivity contribution in [2.24, 2.45) is 0 Å². The molecule has 0 atom stereocenters. The minimum absolute atomic E-state index is 0.195. The third kappa shape index (κ3) is 3.92. The highest BCUT2D eigenvalue weighted by molar-refractivity contribution is 5.44. The van der Waals surface area contributed by atoms with Crippen LogP contribution in [0.3, 0.4) is 0 Å². The molecule has 0 aliphatic carbocycles. The monoisotopic (exact) mass is 298 g/mol. The lowest BCUT2D eigenvalue weighted by atomic mass is 10.1. The van der Waals surface area contributed by atoms with Gasteiger partial charge in [0.15, 0.2) is 0 Å². The van der Waals surface area contributed by atoms with Crippen molar-refractivity contribution in [3.63, 3.8) is 0 Å². The summed E-state index contributed by atoms with van der Waals surface area (Å²) >= 11 is 0. The van der Waals surface area contributed by atoms with Gasteiger partial charge in [0.25, 0.3) is 5.69 Å². The second-order valence-corrected chi connectivity index (χ2v) is 5.80. The summed E-state index contributed by atoms with van der Waals surface area (Å²) in [6, 6.07) is 16.0. The molecule has 0 saturated carbocycles. The topological polar surface area (TPSA) is 46.4 Å². The third-order valence-electron chi connectivity index (χ3n) is 3.95. The number of nitro groups is 1. The molecule has 4 nitrogen and oxygen atoms in total. The molecule has 0 fully saturated rings. The van der Waals surface area contributed by atoms with Crippen molar-refractivity contribution in [1.82, 2.24) is 4.90 Å². The molecule has 0 radical (unpaired) electrons. The molecule has 0 saturated heterocycles. The molecular formula is C18H22N2O2. The first-order valence-electron chi connectivity index (χ1n) is 7.50. The van der Waals surface area contributed by atoms with Crippen molar-refractivity contribution < 1.29 is 4.92 Å². The van der Waals surface area contributed by atoms with Gasteiger partial charge in [0.2, 0.25) is 0 Å². The molecule has 2 aromatic rings. The zero-order valence-corrected chi connectivity index (χ0v) is 13.3. The maximum Gasteiger partial charge on any atom is 0.272 e. The molecule has 0 bridgehead atoms. The lowest BCUT2D eigenvalue weighted by molar-refractivity contribution is -0.385. The van der Waals surface area contributed by atoms with E-state index in [-0.39, 0.29) is 10.6 Å². The van der Waals surface area contributed by atoms with Gasteiger partial charge in [0.1, 0.15) is 0 Å². The van der Waals surface area contributed by atoms with E-state index in [0.29, 0.717) is 12.6 Å². The van der Waals surface area contributed by atoms with Gasteiger partial charge < -0.3 is 0 Å². The molecule has 22 heavy (non-hydrogen) atoms. The first-order chi connectivity index (χ1) is 10.5. The van der Waals surface area contributed by atoms with Crippen molar-refractivity contribution in [2.75, 3.05) is 0 Å². The number of nitrogens with zero attached hydrogens (tertiary/aromatic N) is 2. The smallest absolute Gasteiger partial charge is 0.272 e. The van der Waals surface area contributed by atoms with E-state index in [9.17, 15) is 10.1 Å². The lowest BCUT2D eigenvalue weighted by Crippen LogP contribution is -2.30. The Balaban J connectivity index is 2.22. The van der Waals surface area contributed by atoms with Gasteiger partial charge in [-0.2, -0.15) is 0 Å². The van der Waals surface area contributed by atoms with Gasteiger partial charge in [0.05, 0.1) is 4.92 Å². The van der Waals surface area contributed by atoms with Gasteiger partial charge in [-0.3, -0.25) is 15.0 Å². The minimum atomic E-state index is -0.310. The summed E-state index contributed by atoms with van der Waals surface area (Å²) in [4.78, 5) is 13.1. The Morgan fingerprint density at radius 3 is 2.32 bits per heavy atom. The summed E-state index contributed by atoms with van der Waals surface area (Å²) in [7, 11) is 0. The highest BCUT2D eigenvalue weighted by Crippen LogP contribution is 2.23. The van der Waals surface area contributed by atoms with Gasteiger partial charge in [-0.05, 0) is 31.9 Å². The zero-order chi connectivity index (χ0) is 16.1. The van der Waals surface area contributed by atoms with Crippen LogP contribution >= 0.6 is 0 Å². The number of nitro benzene ring substituents is 1. The average Bonchev–Trinajstić information content (AvgIpc) is 2.49. The Hall–Kier alpha value is -2.20. The molecule has 0 aromatic heterocycles. The van der Waals surface area contributed by atoms with E-state index in [1.807, 2.05) is 31.2 Å². The number of benzene rings is 2. The summed E-state index contributed by atoms with van der Waals surface area (Å²) in [6.45, 7) is 7.67. The van der Waals surface area contributed by atoms with Crippen molar-refractivity contribution >= 4 is 5.69 Å². The fourth-order valence-electron chi connectivity index (χ4n) is 2.50. The van der Waals surface area contributed by atoms with Crippen LogP contribution in [0.5, 0.6) is 0 Å². The highest BCUT2D eigenvalue weighted by Gasteiger charge is 2.17. The average molecular weight is 298 g/mol. The Labute approximate surface area is 131 Å². The van der Waals surface area contributed by atoms with Crippen LogP contribution in [-0.4, -0.2) is 15.9 Å². The van der Waals surface area contributed by atoms with Crippen molar-refractivity contribution in [3.05, 3.63) is 75.3 Å². The van der Waals surface area contributed by atoms with Gasteiger partial charge in [-0.1, -0.05) is 42.5 Å². The molecule has 0 N–H and O–H groups in total. The summed E-state index contributed by atoms with van der Waals surface area (Å²) < 4.78 is 0. The van der Waals surface area contributed by atoms with E-state index in [1.54, 1.807) is 12.1 Å². The largest absolute Gasteiger partial charge is 0.292 e. The SMILES string of the molecule is Cc1c(CN(Cc2ccccc2)C(C)C)cccc1[N+](=O)[O-]. The van der Waals surface area contributed by atoms with E-state index in [1.165, 1.54) is 5.56 Å². The molecule has 0 spiro atoms. The quantitative estimate of drug-likeness (QED) is 0.589. The molecule has 116 valence electrons. The summed E-state index contributed by atoms with van der Waals surface area (Å²) in [6.07, 6.45) is 0. The van der Waals surface area contributed by atoms with Crippen LogP contribution < -0.4 is 0 Å². The van der Waals surface area contributed by atoms with Crippen molar-refractivity contribution in [3.8, 4) is 0 Å². The normalized spacial score (nSPS) is 11.1. The second kappa shape index (κ2) is 7.18. The predicted molar refractivity (Wildman–Crippen MR) is 88.7 cm³/mol. The molecule has 0 aliphatic heterocycles. The van der Waals surface area contributed by atoms with Gasteiger partial charge in [-0.25, -0.2) is 0 Å². The Morgan fingerprint density at radius 1 is 1.05 bits per heavy atom. The second-order valence-electron chi connectivity index (χ2n) is 5.80. The maximum absolute atomic E-state index is 11.1. The summed E-state index contributed by atoms with van der Waals surface area (Å²) in [5, 5.41) is 11.1. The molecule has 0 amide bonds. The number of hydrogen-bond acceptors (Lipinski definition) is 3. The van der Waals surface area contributed by atoms with E-state index < -0.39 is 0 Å². The van der Waals surface area contributed by atoms with Crippen LogP contribution in [0, 0.1) is 17.0 Å². The standard InChI is InChI=1S/C18H22N2O2/c1-14(2)19(12-16-8-5-4-6-9-16)13-17-10-7-11-18(15(17)3)20(21)22/h4-11,14H,12-13H2,1-3H3.